The van der Waals surface area contributed by atoms with Crippen molar-refractivity contribution in [3.63, 3.8) is 0 Å². The average molecular weight is 523 g/mol. The molecule has 196 valence electrons. The summed E-state index contributed by atoms with van der Waals surface area (Å²) in [4.78, 5) is 13.2. The Hall–Kier alpha value is -3.52. The Morgan fingerprint density at radius 3 is 2.43 bits per heavy atom. The lowest BCUT2D eigenvalue weighted by atomic mass is 9.86. The highest BCUT2D eigenvalue weighted by molar-refractivity contribution is 7.92. The molecule has 0 radical (unpaired) electrons. The lowest BCUT2D eigenvalue weighted by molar-refractivity contribution is -0.127. The first-order chi connectivity index (χ1) is 17.5. The summed E-state index contributed by atoms with van der Waals surface area (Å²) in [5.74, 6) is 0.683. The average Bonchev–Trinajstić information content (AvgIpc) is 2.87. The fourth-order valence-corrected chi connectivity index (χ4v) is 5.55. The summed E-state index contributed by atoms with van der Waals surface area (Å²) in [6, 6.07) is 19.5. The molecule has 8 heteroatoms. The molecule has 1 aliphatic heterocycles. The lowest BCUT2D eigenvalue weighted by Crippen LogP contribution is -2.51. The number of benzene rings is 3. The van der Waals surface area contributed by atoms with E-state index in [4.69, 9.17) is 9.47 Å². The fraction of sp³-hybridized carbons (Fsp3) is 0.345. The minimum atomic E-state index is -3.92. The molecule has 0 saturated carbocycles. The second-order valence-electron chi connectivity index (χ2n) is 10.3. The van der Waals surface area contributed by atoms with Crippen molar-refractivity contribution in [2.45, 2.75) is 51.0 Å². The van der Waals surface area contributed by atoms with Crippen LogP contribution in [0.25, 0.3) is 0 Å². The molecule has 1 amide bonds. The van der Waals surface area contributed by atoms with Crippen LogP contribution in [-0.4, -0.2) is 40.1 Å². The monoisotopic (exact) mass is 522 g/mol. The SMILES string of the molecule is Cc1ccc(OCCNC(=O)[C@H]2CN(S(=O)(=O)c3ccccc3)c3cc(C(C)(C)C)ccc3O2)cc1C. The zero-order chi connectivity index (χ0) is 26.8. The third kappa shape index (κ3) is 5.91. The van der Waals surface area contributed by atoms with Crippen LogP contribution < -0.4 is 19.1 Å². The summed E-state index contributed by atoms with van der Waals surface area (Å²) < 4.78 is 40.4. The molecule has 0 aliphatic carbocycles. The molecular weight excluding hydrogens is 488 g/mol. The Balaban J connectivity index is 1.53. The van der Waals surface area contributed by atoms with E-state index in [0.717, 1.165) is 16.9 Å². The van der Waals surface area contributed by atoms with Crippen molar-refractivity contribution >= 4 is 21.6 Å². The Bertz CT molecular complexity index is 1380. The molecule has 7 nitrogen and oxygen atoms in total. The van der Waals surface area contributed by atoms with E-state index in [9.17, 15) is 13.2 Å². The van der Waals surface area contributed by atoms with E-state index < -0.39 is 22.0 Å². The third-order valence-corrected chi connectivity index (χ3v) is 8.26. The van der Waals surface area contributed by atoms with Gasteiger partial charge in [0.15, 0.2) is 6.10 Å². The van der Waals surface area contributed by atoms with Gasteiger partial charge in [-0.15, -0.1) is 0 Å². The molecular formula is C29H34N2O5S. The summed E-state index contributed by atoms with van der Waals surface area (Å²) in [7, 11) is -3.92. The highest BCUT2D eigenvalue weighted by atomic mass is 32.2. The second-order valence-corrected chi connectivity index (χ2v) is 12.1. The van der Waals surface area contributed by atoms with Crippen molar-refractivity contribution in [2.24, 2.45) is 0 Å². The number of carbonyl (C=O) groups is 1. The largest absolute Gasteiger partial charge is 0.492 e. The van der Waals surface area contributed by atoms with Crippen LogP contribution in [0, 0.1) is 13.8 Å². The first kappa shape index (κ1) is 26.5. The Kier molecular flexibility index (Phi) is 7.50. The van der Waals surface area contributed by atoms with Gasteiger partial charge in [0.1, 0.15) is 18.1 Å². The standard InChI is InChI=1S/C29H34N2O5S/c1-20-11-13-23(17-21(20)2)35-16-15-30-28(32)27-19-31(37(33,34)24-9-7-6-8-10-24)25-18-22(29(3,4)5)12-14-26(25)36-27/h6-14,17-18,27H,15-16,19H2,1-5H3,(H,30,32)/t27-/m1/s1. The van der Waals surface area contributed by atoms with Gasteiger partial charge in [0.25, 0.3) is 15.9 Å². The maximum Gasteiger partial charge on any atom is 0.264 e. The van der Waals surface area contributed by atoms with Crippen molar-refractivity contribution in [1.82, 2.24) is 5.32 Å². The lowest BCUT2D eigenvalue weighted by Gasteiger charge is -2.36. The third-order valence-electron chi connectivity index (χ3n) is 6.47. The molecule has 1 atom stereocenters. The van der Waals surface area contributed by atoms with E-state index in [0.29, 0.717) is 11.4 Å². The van der Waals surface area contributed by atoms with E-state index in [2.05, 4.69) is 26.1 Å². The number of ether oxygens (including phenoxy) is 2. The van der Waals surface area contributed by atoms with E-state index in [1.165, 1.54) is 9.87 Å². The van der Waals surface area contributed by atoms with Crippen LogP contribution in [-0.2, 0) is 20.2 Å². The number of fused-ring (bicyclic) bond motifs is 1. The van der Waals surface area contributed by atoms with Crippen LogP contribution in [0.4, 0.5) is 5.69 Å². The van der Waals surface area contributed by atoms with Crippen molar-refractivity contribution in [1.29, 1.82) is 0 Å². The number of sulfonamides is 1. The van der Waals surface area contributed by atoms with Crippen molar-refractivity contribution in [2.75, 3.05) is 24.0 Å². The summed E-state index contributed by atoms with van der Waals surface area (Å²) in [5, 5.41) is 2.82. The molecule has 1 heterocycles. The summed E-state index contributed by atoms with van der Waals surface area (Å²) in [6.07, 6.45) is -1.01. The Labute approximate surface area is 219 Å². The predicted molar refractivity (Wildman–Crippen MR) is 145 cm³/mol. The number of anilines is 1. The number of carbonyl (C=O) groups excluding carboxylic acids is 1. The first-order valence-electron chi connectivity index (χ1n) is 12.3. The highest BCUT2D eigenvalue weighted by Gasteiger charge is 2.38. The zero-order valence-electron chi connectivity index (χ0n) is 21.9. The number of nitrogens with zero attached hydrogens (tertiary/aromatic N) is 1. The Morgan fingerprint density at radius 2 is 1.76 bits per heavy atom. The normalized spacial score (nSPS) is 15.5. The van der Waals surface area contributed by atoms with E-state index in [1.807, 2.05) is 44.2 Å². The molecule has 0 bridgehead atoms. The molecule has 0 aromatic heterocycles. The number of hydrogen-bond donors (Lipinski definition) is 1. The van der Waals surface area contributed by atoms with E-state index >= 15 is 0 Å². The number of nitrogens with one attached hydrogen (secondary N) is 1. The predicted octanol–water partition coefficient (Wildman–Crippen LogP) is 4.75. The first-order valence-corrected chi connectivity index (χ1v) is 13.8. The van der Waals surface area contributed by atoms with Crippen LogP contribution in [0.15, 0.2) is 71.6 Å². The van der Waals surface area contributed by atoms with Crippen molar-refractivity contribution < 1.29 is 22.7 Å². The van der Waals surface area contributed by atoms with Gasteiger partial charge in [-0.1, -0.05) is 51.1 Å². The van der Waals surface area contributed by atoms with Gasteiger partial charge in [-0.3, -0.25) is 9.10 Å². The number of amides is 1. The molecule has 0 spiro atoms. The summed E-state index contributed by atoms with van der Waals surface area (Å²) in [6.45, 7) is 10.6. The Morgan fingerprint density at radius 1 is 1.03 bits per heavy atom. The van der Waals surface area contributed by atoms with Crippen LogP contribution in [0.5, 0.6) is 11.5 Å². The molecule has 0 saturated heterocycles. The number of rotatable bonds is 7. The summed E-state index contributed by atoms with van der Waals surface area (Å²) >= 11 is 0. The molecule has 1 N–H and O–H groups in total. The molecule has 0 unspecified atom stereocenters. The minimum Gasteiger partial charge on any atom is -0.492 e. The minimum absolute atomic E-state index is 0.137. The smallest absolute Gasteiger partial charge is 0.264 e. The highest BCUT2D eigenvalue weighted by Crippen LogP contribution is 2.40. The van der Waals surface area contributed by atoms with Crippen LogP contribution in [0.2, 0.25) is 0 Å². The molecule has 1 aliphatic rings. The van der Waals surface area contributed by atoms with Gasteiger partial charge in [-0.05, 0) is 72.4 Å². The molecule has 3 aromatic rings. The zero-order valence-corrected chi connectivity index (χ0v) is 22.8. The number of hydrogen-bond acceptors (Lipinski definition) is 5. The van der Waals surface area contributed by atoms with Gasteiger partial charge < -0.3 is 14.8 Å². The topological polar surface area (TPSA) is 84.9 Å². The molecule has 37 heavy (non-hydrogen) atoms. The number of aryl methyl sites for hydroxylation is 2. The van der Waals surface area contributed by atoms with Crippen LogP contribution >= 0.6 is 0 Å². The molecule has 0 fully saturated rings. The van der Waals surface area contributed by atoms with Crippen molar-refractivity contribution in [3.8, 4) is 11.5 Å². The molecule has 3 aromatic carbocycles. The van der Waals surface area contributed by atoms with Gasteiger partial charge in [0, 0.05) is 0 Å². The quantitative estimate of drug-likeness (QED) is 0.453. The van der Waals surface area contributed by atoms with E-state index in [1.54, 1.807) is 36.4 Å². The fourth-order valence-electron chi connectivity index (χ4n) is 4.06. The van der Waals surface area contributed by atoms with Gasteiger partial charge in [0.2, 0.25) is 0 Å². The summed E-state index contributed by atoms with van der Waals surface area (Å²) in [5.41, 5.74) is 3.51. The maximum atomic E-state index is 13.7. The van der Waals surface area contributed by atoms with Gasteiger partial charge >= 0.3 is 0 Å². The van der Waals surface area contributed by atoms with Crippen LogP contribution in [0.3, 0.4) is 0 Å². The maximum absolute atomic E-state index is 13.7. The van der Waals surface area contributed by atoms with Gasteiger partial charge in [-0.2, -0.15) is 0 Å². The van der Waals surface area contributed by atoms with Gasteiger partial charge in [-0.25, -0.2) is 8.42 Å². The van der Waals surface area contributed by atoms with E-state index in [-0.39, 0.29) is 30.0 Å². The van der Waals surface area contributed by atoms with Crippen molar-refractivity contribution in [3.05, 3.63) is 83.4 Å². The molecule has 4 rings (SSSR count). The van der Waals surface area contributed by atoms with Gasteiger partial charge in [0.05, 0.1) is 23.7 Å². The second kappa shape index (κ2) is 10.5. The van der Waals surface area contributed by atoms with Crippen LogP contribution in [0.1, 0.15) is 37.5 Å².